The fourth-order valence-electron chi connectivity index (χ4n) is 2.18. The van der Waals surface area contributed by atoms with Crippen molar-refractivity contribution in [1.29, 1.82) is 0 Å². The zero-order chi connectivity index (χ0) is 17.3. The minimum atomic E-state index is -3.65. The van der Waals surface area contributed by atoms with Crippen molar-refractivity contribution < 1.29 is 8.42 Å². The van der Waals surface area contributed by atoms with E-state index in [1.54, 1.807) is 37.5 Å². The first-order chi connectivity index (χ1) is 10.6. The van der Waals surface area contributed by atoms with Gasteiger partial charge in [-0.2, -0.15) is 0 Å². The molecule has 2 aromatic rings. The van der Waals surface area contributed by atoms with Gasteiger partial charge in [-0.25, -0.2) is 13.1 Å². The summed E-state index contributed by atoms with van der Waals surface area (Å²) in [5, 5.41) is 0. The van der Waals surface area contributed by atoms with Crippen LogP contribution in [-0.2, 0) is 29.0 Å². The van der Waals surface area contributed by atoms with Crippen molar-refractivity contribution in [3.05, 3.63) is 64.1 Å². The topological polar surface area (TPSA) is 68.2 Å². The van der Waals surface area contributed by atoms with E-state index in [9.17, 15) is 13.2 Å². The number of hydrogen-bond donors (Lipinski definition) is 1. The van der Waals surface area contributed by atoms with Gasteiger partial charge in [-0.15, -0.1) is 0 Å². The zero-order valence-corrected chi connectivity index (χ0v) is 14.6. The van der Waals surface area contributed by atoms with Gasteiger partial charge >= 0.3 is 0 Å². The van der Waals surface area contributed by atoms with Gasteiger partial charge in [-0.05, 0) is 29.2 Å². The summed E-state index contributed by atoms with van der Waals surface area (Å²) in [4.78, 5) is 12.1. The smallest absolute Gasteiger partial charge is 0.254 e. The minimum Gasteiger partial charge on any atom is -0.318 e. The molecule has 0 radical (unpaired) electrons. The van der Waals surface area contributed by atoms with Crippen LogP contribution in [0.2, 0.25) is 0 Å². The van der Waals surface area contributed by atoms with Gasteiger partial charge < -0.3 is 4.57 Å². The number of aryl methyl sites for hydroxylation is 1. The molecule has 0 spiro atoms. The van der Waals surface area contributed by atoms with Crippen molar-refractivity contribution in [2.75, 3.05) is 0 Å². The van der Waals surface area contributed by atoms with E-state index in [4.69, 9.17) is 0 Å². The highest BCUT2D eigenvalue weighted by Gasteiger charge is 2.17. The van der Waals surface area contributed by atoms with Crippen molar-refractivity contribution in [2.45, 2.75) is 37.6 Å². The van der Waals surface area contributed by atoms with E-state index in [1.807, 2.05) is 12.1 Å². The first-order valence-corrected chi connectivity index (χ1v) is 8.84. The Bertz CT molecular complexity index is 845. The monoisotopic (exact) mass is 334 g/mol. The van der Waals surface area contributed by atoms with E-state index in [1.165, 1.54) is 4.57 Å². The Hall–Kier alpha value is -1.92. The van der Waals surface area contributed by atoms with Crippen LogP contribution in [0.25, 0.3) is 0 Å². The predicted molar refractivity (Wildman–Crippen MR) is 90.9 cm³/mol. The van der Waals surface area contributed by atoms with Crippen molar-refractivity contribution in [2.24, 2.45) is 7.05 Å². The maximum atomic E-state index is 12.3. The van der Waals surface area contributed by atoms with E-state index in [0.717, 1.165) is 5.56 Å². The number of benzene rings is 1. The van der Waals surface area contributed by atoms with Crippen LogP contribution in [0, 0.1) is 0 Å². The molecule has 5 nitrogen and oxygen atoms in total. The molecule has 0 atom stereocenters. The van der Waals surface area contributed by atoms with Crippen LogP contribution in [0.5, 0.6) is 0 Å². The molecular formula is C17H22N2O3S. The summed E-state index contributed by atoms with van der Waals surface area (Å²) in [5.74, 6) is 0. The Morgan fingerprint density at radius 3 is 2.26 bits per heavy atom. The Labute approximate surface area is 137 Å². The van der Waals surface area contributed by atoms with Crippen molar-refractivity contribution in [3.8, 4) is 0 Å². The van der Waals surface area contributed by atoms with E-state index in [-0.39, 0.29) is 22.4 Å². The fraction of sp³-hybridized carbons (Fsp3) is 0.353. The number of nitrogens with one attached hydrogen (secondary N) is 1. The van der Waals surface area contributed by atoms with Crippen molar-refractivity contribution >= 4 is 10.0 Å². The van der Waals surface area contributed by atoms with Gasteiger partial charge in [0.2, 0.25) is 10.0 Å². The van der Waals surface area contributed by atoms with Gasteiger partial charge in [0.15, 0.2) is 0 Å². The molecule has 1 aromatic heterocycles. The number of rotatable bonds is 4. The molecule has 2 rings (SSSR count). The molecule has 0 bridgehead atoms. The Kier molecular flexibility index (Phi) is 4.77. The van der Waals surface area contributed by atoms with Crippen LogP contribution in [0.4, 0.5) is 0 Å². The molecular weight excluding hydrogens is 312 g/mol. The number of hydrogen-bond acceptors (Lipinski definition) is 3. The molecule has 0 aliphatic heterocycles. The van der Waals surface area contributed by atoms with Crippen LogP contribution in [-0.4, -0.2) is 13.0 Å². The summed E-state index contributed by atoms with van der Waals surface area (Å²) < 4.78 is 28.6. The molecule has 0 saturated heterocycles. The molecule has 0 amide bonds. The third kappa shape index (κ3) is 4.09. The van der Waals surface area contributed by atoms with Crippen molar-refractivity contribution in [1.82, 2.24) is 9.29 Å². The van der Waals surface area contributed by atoms with Crippen LogP contribution in [0.1, 0.15) is 31.9 Å². The molecule has 0 fully saturated rings. The lowest BCUT2D eigenvalue weighted by Crippen LogP contribution is -2.29. The molecule has 1 heterocycles. The van der Waals surface area contributed by atoms with E-state index in [2.05, 4.69) is 25.5 Å². The van der Waals surface area contributed by atoms with Gasteiger partial charge in [0, 0.05) is 25.4 Å². The van der Waals surface area contributed by atoms with Crippen LogP contribution < -0.4 is 10.3 Å². The quantitative estimate of drug-likeness (QED) is 0.931. The van der Waals surface area contributed by atoms with Gasteiger partial charge in [0.05, 0.1) is 4.90 Å². The average molecular weight is 334 g/mol. The standard InChI is InChI=1S/C17H22N2O3S/c1-17(2,3)14-7-9-15(10-8-14)23(21,22)18-12-13-6-5-11-19(4)16(13)20/h5-11,18H,12H2,1-4H3. The summed E-state index contributed by atoms with van der Waals surface area (Å²) in [5.41, 5.74) is 1.22. The van der Waals surface area contributed by atoms with Gasteiger partial charge in [0.25, 0.3) is 5.56 Å². The second-order valence-corrected chi connectivity index (χ2v) is 8.32. The largest absolute Gasteiger partial charge is 0.318 e. The maximum Gasteiger partial charge on any atom is 0.254 e. The number of aromatic nitrogens is 1. The molecule has 1 N–H and O–H groups in total. The van der Waals surface area contributed by atoms with E-state index >= 15 is 0 Å². The first-order valence-electron chi connectivity index (χ1n) is 7.36. The molecule has 0 unspecified atom stereocenters. The normalized spacial score (nSPS) is 12.3. The fourth-order valence-corrected chi connectivity index (χ4v) is 3.19. The molecule has 0 aliphatic carbocycles. The first kappa shape index (κ1) is 17.4. The SMILES string of the molecule is Cn1cccc(CNS(=O)(=O)c2ccc(C(C)(C)C)cc2)c1=O. The molecule has 124 valence electrons. The van der Waals surface area contributed by atoms with Gasteiger partial charge in [-0.3, -0.25) is 4.79 Å². The lowest BCUT2D eigenvalue weighted by atomic mass is 9.87. The second-order valence-electron chi connectivity index (χ2n) is 6.55. The Morgan fingerprint density at radius 1 is 1.09 bits per heavy atom. The summed E-state index contributed by atoms with van der Waals surface area (Å²) in [6.45, 7) is 6.18. The third-order valence-corrected chi connectivity index (χ3v) is 5.10. The second kappa shape index (κ2) is 6.29. The lowest BCUT2D eigenvalue weighted by Gasteiger charge is -2.19. The highest BCUT2D eigenvalue weighted by molar-refractivity contribution is 7.89. The van der Waals surface area contributed by atoms with E-state index in [0.29, 0.717) is 5.56 Å². The minimum absolute atomic E-state index is 0.0309. The average Bonchev–Trinajstić information content (AvgIpc) is 2.48. The maximum absolute atomic E-state index is 12.3. The Morgan fingerprint density at radius 2 is 1.70 bits per heavy atom. The third-order valence-electron chi connectivity index (χ3n) is 3.69. The van der Waals surface area contributed by atoms with E-state index < -0.39 is 10.0 Å². The Balaban J connectivity index is 2.19. The molecule has 23 heavy (non-hydrogen) atoms. The molecule has 0 aliphatic rings. The van der Waals surface area contributed by atoms with Crippen LogP contribution in [0.3, 0.4) is 0 Å². The summed E-state index contributed by atoms with van der Waals surface area (Å²) >= 11 is 0. The number of sulfonamides is 1. The van der Waals surface area contributed by atoms with Crippen molar-refractivity contribution in [3.63, 3.8) is 0 Å². The lowest BCUT2D eigenvalue weighted by molar-refractivity contribution is 0.577. The summed E-state index contributed by atoms with van der Waals surface area (Å²) in [7, 11) is -2.02. The van der Waals surface area contributed by atoms with Gasteiger partial charge in [-0.1, -0.05) is 39.0 Å². The van der Waals surface area contributed by atoms with Gasteiger partial charge in [0.1, 0.15) is 0 Å². The highest BCUT2D eigenvalue weighted by Crippen LogP contribution is 2.23. The molecule has 6 heteroatoms. The van der Waals surface area contributed by atoms with Crippen LogP contribution in [0.15, 0.2) is 52.3 Å². The summed E-state index contributed by atoms with van der Waals surface area (Å²) in [6, 6.07) is 10.1. The molecule has 1 aromatic carbocycles. The number of pyridine rings is 1. The highest BCUT2D eigenvalue weighted by atomic mass is 32.2. The zero-order valence-electron chi connectivity index (χ0n) is 13.8. The number of nitrogens with zero attached hydrogens (tertiary/aromatic N) is 1. The molecule has 0 saturated carbocycles. The summed E-state index contributed by atoms with van der Waals surface area (Å²) in [6.07, 6.45) is 1.63. The predicted octanol–water partition coefficient (Wildman–Crippen LogP) is 2.16. The van der Waals surface area contributed by atoms with Crippen LogP contribution >= 0.6 is 0 Å².